The van der Waals surface area contributed by atoms with Crippen LogP contribution in [-0.4, -0.2) is 29.7 Å². The fraction of sp³-hybridized carbons (Fsp3) is 0.278. The number of H-pyrrole nitrogens is 1. The van der Waals surface area contributed by atoms with E-state index >= 15 is 0 Å². The van der Waals surface area contributed by atoms with Crippen molar-refractivity contribution in [3.63, 3.8) is 0 Å². The zero-order valence-electron chi connectivity index (χ0n) is 12.8. The van der Waals surface area contributed by atoms with E-state index in [0.29, 0.717) is 0 Å². The molecule has 3 heterocycles. The molecule has 2 aromatic heterocycles. The van der Waals surface area contributed by atoms with Gasteiger partial charge in [0.15, 0.2) is 0 Å². The second-order valence-electron chi connectivity index (χ2n) is 5.56. The van der Waals surface area contributed by atoms with Crippen molar-refractivity contribution in [3.8, 4) is 10.6 Å². The van der Waals surface area contributed by atoms with E-state index in [1.165, 1.54) is 38.6 Å². The third-order valence-electron chi connectivity index (χ3n) is 3.99. The van der Waals surface area contributed by atoms with Gasteiger partial charge in [0.2, 0.25) is 0 Å². The van der Waals surface area contributed by atoms with Gasteiger partial charge in [0, 0.05) is 34.5 Å². The van der Waals surface area contributed by atoms with E-state index in [1.807, 2.05) is 11.8 Å². The van der Waals surface area contributed by atoms with Crippen molar-refractivity contribution >= 4 is 39.8 Å². The Balaban J connectivity index is 1.57. The third kappa shape index (κ3) is 3.16. The Labute approximate surface area is 144 Å². The minimum Gasteiger partial charge on any atom is -0.374 e. The van der Waals surface area contributed by atoms with Gasteiger partial charge in [-0.25, -0.2) is 0 Å². The van der Waals surface area contributed by atoms with Crippen LogP contribution in [0.4, 0.5) is 0 Å². The van der Waals surface area contributed by atoms with E-state index in [4.69, 9.17) is 0 Å². The SMILES string of the molecule is c1csc(-c2[nH]c3ccccc3c2SCC/N=C2\CCCN2)c1. The number of aliphatic imine (C=N–C) groups is 1. The Morgan fingerprint density at radius 1 is 1.17 bits per heavy atom. The lowest BCUT2D eigenvalue weighted by Gasteiger charge is -2.03. The van der Waals surface area contributed by atoms with Crippen molar-refractivity contribution in [2.24, 2.45) is 4.99 Å². The van der Waals surface area contributed by atoms with Crippen molar-refractivity contribution in [1.82, 2.24) is 10.3 Å². The first-order valence-electron chi connectivity index (χ1n) is 7.96. The Morgan fingerprint density at radius 2 is 2.13 bits per heavy atom. The molecule has 3 nitrogen and oxygen atoms in total. The van der Waals surface area contributed by atoms with Crippen molar-refractivity contribution in [2.45, 2.75) is 17.7 Å². The summed E-state index contributed by atoms with van der Waals surface area (Å²) in [5, 5.41) is 6.79. The van der Waals surface area contributed by atoms with Crippen LogP contribution in [0.1, 0.15) is 12.8 Å². The Kier molecular flexibility index (Phi) is 4.39. The molecule has 1 saturated heterocycles. The number of benzene rings is 1. The molecule has 118 valence electrons. The molecule has 3 aromatic rings. The van der Waals surface area contributed by atoms with E-state index in [2.05, 4.69) is 57.1 Å². The Bertz CT molecular complexity index is 810. The second kappa shape index (κ2) is 6.81. The molecule has 1 aromatic carbocycles. The molecule has 5 heteroatoms. The number of aromatic nitrogens is 1. The normalized spacial score (nSPS) is 16.3. The molecular weight excluding hydrogens is 322 g/mol. The fourth-order valence-electron chi connectivity index (χ4n) is 2.90. The van der Waals surface area contributed by atoms with Gasteiger partial charge in [0.1, 0.15) is 0 Å². The largest absolute Gasteiger partial charge is 0.374 e. The number of hydrogen-bond acceptors (Lipinski definition) is 3. The van der Waals surface area contributed by atoms with Crippen LogP contribution in [0, 0.1) is 0 Å². The summed E-state index contributed by atoms with van der Waals surface area (Å²) in [6.45, 7) is 1.95. The van der Waals surface area contributed by atoms with Crippen molar-refractivity contribution in [2.75, 3.05) is 18.8 Å². The fourth-order valence-corrected chi connectivity index (χ4v) is 4.72. The number of fused-ring (bicyclic) bond motifs is 1. The minimum atomic E-state index is 0.871. The van der Waals surface area contributed by atoms with Crippen molar-refractivity contribution < 1.29 is 0 Å². The quantitative estimate of drug-likeness (QED) is 0.518. The first kappa shape index (κ1) is 14.8. The molecule has 1 fully saturated rings. The van der Waals surface area contributed by atoms with Crippen LogP contribution >= 0.6 is 23.1 Å². The van der Waals surface area contributed by atoms with Crippen LogP contribution in [0.3, 0.4) is 0 Å². The smallest absolute Gasteiger partial charge is 0.0964 e. The number of nitrogens with one attached hydrogen (secondary N) is 2. The molecule has 2 N–H and O–H groups in total. The summed E-state index contributed by atoms with van der Waals surface area (Å²) >= 11 is 3.69. The number of nitrogens with zero attached hydrogens (tertiary/aromatic N) is 1. The maximum Gasteiger partial charge on any atom is 0.0964 e. The van der Waals surface area contributed by atoms with Crippen LogP contribution in [0.5, 0.6) is 0 Å². The Morgan fingerprint density at radius 3 is 2.96 bits per heavy atom. The molecule has 0 radical (unpaired) electrons. The average Bonchev–Trinajstić information content (AvgIpc) is 3.31. The zero-order valence-corrected chi connectivity index (χ0v) is 14.5. The number of thioether (sulfide) groups is 1. The lowest BCUT2D eigenvalue weighted by Crippen LogP contribution is -2.14. The number of amidine groups is 1. The van der Waals surface area contributed by atoms with Gasteiger partial charge < -0.3 is 10.3 Å². The average molecular weight is 342 g/mol. The van der Waals surface area contributed by atoms with E-state index in [0.717, 1.165) is 25.3 Å². The molecular formula is C18H19N3S2. The molecule has 4 rings (SSSR count). The summed E-state index contributed by atoms with van der Waals surface area (Å²) in [6, 6.07) is 12.8. The molecule has 0 spiro atoms. The number of thiophene rings is 1. The van der Waals surface area contributed by atoms with Gasteiger partial charge in [-0.05, 0) is 23.9 Å². The highest BCUT2D eigenvalue weighted by atomic mass is 32.2. The summed E-state index contributed by atoms with van der Waals surface area (Å²) in [6.07, 6.45) is 2.33. The molecule has 0 bridgehead atoms. The molecule has 0 amide bonds. The first-order chi connectivity index (χ1) is 11.4. The second-order valence-corrected chi connectivity index (χ2v) is 7.61. The molecule has 1 aliphatic rings. The standard InChI is InChI=1S/C18H19N3S2/c1-2-6-14-13(5-1)18(17(21-14)15-7-4-11-22-15)23-12-10-20-16-8-3-9-19-16/h1-2,4-7,11,21H,3,8-10,12H2,(H,19,20). The number of rotatable bonds is 5. The highest BCUT2D eigenvalue weighted by Crippen LogP contribution is 2.39. The molecule has 23 heavy (non-hydrogen) atoms. The number of para-hydroxylation sites is 1. The van der Waals surface area contributed by atoms with E-state index < -0.39 is 0 Å². The number of hydrogen-bond donors (Lipinski definition) is 2. The zero-order chi connectivity index (χ0) is 15.5. The van der Waals surface area contributed by atoms with Crippen LogP contribution < -0.4 is 5.32 Å². The maximum atomic E-state index is 4.67. The van der Waals surface area contributed by atoms with Crippen LogP contribution in [0.25, 0.3) is 21.5 Å². The minimum absolute atomic E-state index is 0.871. The van der Waals surface area contributed by atoms with Gasteiger partial charge in [-0.2, -0.15) is 0 Å². The summed E-state index contributed by atoms with van der Waals surface area (Å²) in [5.41, 5.74) is 2.46. The highest BCUT2D eigenvalue weighted by Gasteiger charge is 2.14. The van der Waals surface area contributed by atoms with E-state index in [1.54, 1.807) is 11.3 Å². The molecule has 0 atom stereocenters. The monoisotopic (exact) mass is 341 g/mol. The van der Waals surface area contributed by atoms with Crippen molar-refractivity contribution in [3.05, 3.63) is 41.8 Å². The maximum absolute atomic E-state index is 4.67. The van der Waals surface area contributed by atoms with Gasteiger partial charge in [-0.15, -0.1) is 23.1 Å². The van der Waals surface area contributed by atoms with Crippen LogP contribution in [0.2, 0.25) is 0 Å². The predicted molar refractivity (Wildman–Crippen MR) is 102 cm³/mol. The number of aromatic amines is 1. The third-order valence-corrected chi connectivity index (χ3v) is 5.97. The van der Waals surface area contributed by atoms with Crippen molar-refractivity contribution in [1.29, 1.82) is 0 Å². The molecule has 1 aliphatic heterocycles. The molecule has 0 unspecified atom stereocenters. The van der Waals surface area contributed by atoms with Crippen LogP contribution in [-0.2, 0) is 0 Å². The van der Waals surface area contributed by atoms with E-state index in [9.17, 15) is 0 Å². The summed E-state index contributed by atoms with van der Waals surface area (Å²) < 4.78 is 0. The topological polar surface area (TPSA) is 40.2 Å². The van der Waals surface area contributed by atoms with Gasteiger partial charge in [-0.1, -0.05) is 24.3 Å². The Hall–Kier alpha value is -1.72. The highest BCUT2D eigenvalue weighted by molar-refractivity contribution is 7.99. The summed E-state index contributed by atoms with van der Waals surface area (Å²) in [4.78, 5) is 10.9. The lowest BCUT2D eigenvalue weighted by atomic mass is 10.2. The van der Waals surface area contributed by atoms with Gasteiger partial charge in [0.25, 0.3) is 0 Å². The molecule has 0 aliphatic carbocycles. The summed E-state index contributed by atoms with van der Waals surface area (Å²) in [7, 11) is 0. The molecule has 0 saturated carbocycles. The van der Waals surface area contributed by atoms with Gasteiger partial charge in [-0.3, -0.25) is 4.99 Å². The summed E-state index contributed by atoms with van der Waals surface area (Å²) in [5.74, 6) is 2.19. The van der Waals surface area contributed by atoms with Crippen LogP contribution in [0.15, 0.2) is 51.7 Å². The van der Waals surface area contributed by atoms with Gasteiger partial charge >= 0.3 is 0 Å². The predicted octanol–water partition coefficient (Wildman–Crippen LogP) is 4.77. The lowest BCUT2D eigenvalue weighted by molar-refractivity contribution is 0.911. The van der Waals surface area contributed by atoms with Gasteiger partial charge in [0.05, 0.1) is 23.0 Å². The first-order valence-corrected chi connectivity index (χ1v) is 9.83. The van der Waals surface area contributed by atoms with E-state index in [-0.39, 0.29) is 0 Å².